The summed E-state index contributed by atoms with van der Waals surface area (Å²) in [5.74, 6) is -0.730. The molecule has 0 saturated heterocycles. The summed E-state index contributed by atoms with van der Waals surface area (Å²) in [6.45, 7) is -0.787. The van der Waals surface area contributed by atoms with E-state index in [1.54, 1.807) is 5.32 Å². The van der Waals surface area contributed by atoms with E-state index < -0.39 is 18.6 Å². The van der Waals surface area contributed by atoms with Crippen LogP contribution in [0.15, 0.2) is 0 Å². The highest BCUT2D eigenvalue weighted by Crippen LogP contribution is 2.11. The first-order chi connectivity index (χ1) is 7.89. The smallest absolute Gasteiger partial charge is 0.395 e. The van der Waals surface area contributed by atoms with E-state index >= 15 is 0 Å². The second kappa shape index (κ2) is 8.26. The Morgan fingerprint density at radius 3 is 2.53 bits per heavy atom. The molecule has 0 unspecified atom stereocenters. The number of carbonyl (C=O) groups excluding carboxylic acids is 1. The van der Waals surface area contributed by atoms with Gasteiger partial charge in [0.25, 0.3) is 0 Å². The van der Waals surface area contributed by atoms with Gasteiger partial charge in [0.1, 0.15) is 6.54 Å². The van der Waals surface area contributed by atoms with E-state index in [9.17, 15) is 18.0 Å². The molecule has 5 nitrogen and oxygen atoms in total. The second-order valence-corrected chi connectivity index (χ2v) is 3.38. The van der Waals surface area contributed by atoms with Gasteiger partial charge in [-0.1, -0.05) is 0 Å². The molecule has 102 valence electrons. The van der Waals surface area contributed by atoms with Crippen molar-refractivity contribution in [3.8, 4) is 0 Å². The average Bonchev–Trinajstić information content (AvgIpc) is 2.22. The summed E-state index contributed by atoms with van der Waals surface area (Å²) in [6.07, 6.45) is -4.41. The number of rotatable bonds is 8. The zero-order valence-electron chi connectivity index (χ0n) is 9.59. The fourth-order valence-electron chi connectivity index (χ4n) is 1.09. The topological polar surface area (TPSA) is 61.8 Å². The number of amides is 1. The molecule has 0 fully saturated rings. The number of nitrogens with one attached hydrogen (secondary N) is 1. The largest absolute Gasteiger partial charge is 0.405 e. The van der Waals surface area contributed by atoms with Crippen molar-refractivity contribution in [1.29, 1.82) is 0 Å². The normalized spacial score (nSPS) is 11.9. The highest BCUT2D eigenvalue weighted by molar-refractivity contribution is 5.78. The first-order valence-corrected chi connectivity index (χ1v) is 5.04. The van der Waals surface area contributed by atoms with Gasteiger partial charge in [-0.15, -0.1) is 0 Å². The van der Waals surface area contributed by atoms with Crippen LogP contribution in [0.5, 0.6) is 0 Å². The quantitative estimate of drug-likeness (QED) is 0.622. The van der Waals surface area contributed by atoms with Crippen molar-refractivity contribution in [2.24, 2.45) is 0 Å². The molecule has 0 aliphatic heterocycles. The van der Waals surface area contributed by atoms with Gasteiger partial charge in [0.05, 0.1) is 19.8 Å². The summed E-state index contributed by atoms with van der Waals surface area (Å²) < 4.78 is 40.2. The number of methoxy groups -OCH3 is 1. The van der Waals surface area contributed by atoms with Crippen LogP contribution < -0.4 is 5.32 Å². The molecule has 8 heteroatoms. The molecule has 0 aromatic carbocycles. The fraction of sp³-hybridized carbons (Fsp3) is 0.889. The van der Waals surface area contributed by atoms with Gasteiger partial charge in [0.15, 0.2) is 0 Å². The van der Waals surface area contributed by atoms with Crippen LogP contribution in [0, 0.1) is 0 Å². The second-order valence-electron chi connectivity index (χ2n) is 3.38. The molecule has 0 aliphatic carbocycles. The average molecular weight is 258 g/mol. The third-order valence-corrected chi connectivity index (χ3v) is 1.88. The predicted molar refractivity (Wildman–Crippen MR) is 54.5 cm³/mol. The van der Waals surface area contributed by atoms with E-state index in [0.29, 0.717) is 13.2 Å². The summed E-state index contributed by atoms with van der Waals surface area (Å²) in [7, 11) is 1.47. The molecule has 0 aromatic rings. The molecule has 0 radical (unpaired) electrons. The van der Waals surface area contributed by atoms with Crippen molar-refractivity contribution < 1.29 is 27.8 Å². The number of halogens is 3. The first-order valence-electron chi connectivity index (χ1n) is 5.04. The molecule has 2 N–H and O–H groups in total. The van der Waals surface area contributed by atoms with Crippen LogP contribution in [0.4, 0.5) is 13.2 Å². The molecule has 0 spiro atoms. The Bertz CT molecular complexity index is 224. The monoisotopic (exact) mass is 258 g/mol. The van der Waals surface area contributed by atoms with Gasteiger partial charge in [-0.3, -0.25) is 9.69 Å². The van der Waals surface area contributed by atoms with Crippen molar-refractivity contribution >= 4 is 5.91 Å². The van der Waals surface area contributed by atoms with Gasteiger partial charge in [0, 0.05) is 20.2 Å². The molecule has 0 aromatic heterocycles. The molecule has 0 bridgehead atoms. The molecule has 0 heterocycles. The number of hydrogen-bond acceptors (Lipinski definition) is 4. The van der Waals surface area contributed by atoms with Gasteiger partial charge < -0.3 is 15.2 Å². The molecule has 0 rings (SSSR count). The Hall–Kier alpha value is -0.860. The number of ether oxygens (including phenoxy) is 1. The van der Waals surface area contributed by atoms with Gasteiger partial charge in [-0.25, -0.2) is 0 Å². The molecule has 1 amide bonds. The van der Waals surface area contributed by atoms with Crippen LogP contribution in [-0.2, 0) is 9.53 Å². The summed E-state index contributed by atoms with van der Waals surface area (Å²) >= 11 is 0. The van der Waals surface area contributed by atoms with Gasteiger partial charge in [-0.2, -0.15) is 13.2 Å². The highest BCUT2D eigenvalue weighted by Gasteiger charge is 2.27. The Labute approximate surface area is 97.5 Å². The van der Waals surface area contributed by atoms with Crippen LogP contribution in [0.3, 0.4) is 0 Å². The van der Waals surface area contributed by atoms with Crippen LogP contribution >= 0.6 is 0 Å². The third-order valence-electron chi connectivity index (χ3n) is 1.88. The predicted octanol–water partition coefficient (Wildman–Crippen LogP) is -0.394. The van der Waals surface area contributed by atoms with E-state index in [1.165, 1.54) is 12.0 Å². The summed E-state index contributed by atoms with van der Waals surface area (Å²) in [4.78, 5) is 12.7. The van der Waals surface area contributed by atoms with Gasteiger partial charge in [-0.05, 0) is 0 Å². The maximum Gasteiger partial charge on any atom is 0.405 e. The fourth-order valence-corrected chi connectivity index (χ4v) is 1.09. The number of alkyl halides is 3. The summed E-state index contributed by atoms with van der Waals surface area (Å²) in [5.41, 5.74) is 0. The lowest BCUT2D eigenvalue weighted by molar-refractivity contribution is -0.139. The van der Waals surface area contributed by atoms with Crippen molar-refractivity contribution in [3.63, 3.8) is 0 Å². The summed E-state index contributed by atoms with van der Waals surface area (Å²) in [6, 6.07) is 0. The number of nitrogens with zero attached hydrogens (tertiary/aromatic N) is 1. The zero-order valence-corrected chi connectivity index (χ0v) is 9.59. The van der Waals surface area contributed by atoms with Crippen molar-refractivity contribution in [3.05, 3.63) is 0 Å². The van der Waals surface area contributed by atoms with Crippen LogP contribution in [0.25, 0.3) is 0 Å². The maximum absolute atomic E-state index is 11.8. The highest BCUT2D eigenvalue weighted by atomic mass is 19.4. The minimum absolute atomic E-state index is 0.170. The van der Waals surface area contributed by atoms with Crippen molar-refractivity contribution in [2.45, 2.75) is 6.18 Å². The maximum atomic E-state index is 11.8. The van der Waals surface area contributed by atoms with Gasteiger partial charge >= 0.3 is 6.18 Å². The van der Waals surface area contributed by atoms with Crippen molar-refractivity contribution in [2.75, 3.05) is 46.5 Å². The van der Waals surface area contributed by atoms with Gasteiger partial charge in [0.2, 0.25) is 5.91 Å². The minimum Gasteiger partial charge on any atom is -0.395 e. The molecule has 0 atom stereocenters. The molecule has 0 saturated carbocycles. The van der Waals surface area contributed by atoms with E-state index in [1.807, 2.05) is 0 Å². The zero-order chi connectivity index (χ0) is 13.3. The lowest BCUT2D eigenvalue weighted by atomic mass is 10.4. The van der Waals surface area contributed by atoms with Crippen LogP contribution in [-0.4, -0.2) is 68.6 Å². The lowest BCUT2D eigenvalue weighted by Crippen LogP contribution is -2.42. The standard InChI is InChI=1S/C9H17F3N2O3/c1-17-5-3-14(2-4-15)6-8(16)13-7-9(10,11)12/h15H,2-7H2,1H3,(H,13,16). The Morgan fingerprint density at radius 2 is 2.06 bits per heavy atom. The number of carbonyl (C=O) groups is 1. The molecular formula is C9H17F3N2O3. The molecule has 17 heavy (non-hydrogen) atoms. The number of aliphatic hydroxyl groups is 1. The minimum atomic E-state index is -4.41. The van der Waals surface area contributed by atoms with E-state index in [2.05, 4.69) is 0 Å². The first kappa shape index (κ1) is 16.1. The lowest BCUT2D eigenvalue weighted by Gasteiger charge is -2.20. The van der Waals surface area contributed by atoms with Crippen molar-refractivity contribution in [1.82, 2.24) is 10.2 Å². The van der Waals surface area contributed by atoms with E-state index in [-0.39, 0.29) is 19.7 Å². The van der Waals surface area contributed by atoms with E-state index in [0.717, 1.165) is 0 Å². The number of aliphatic hydroxyl groups excluding tert-OH is 1. The summed E-state index contributed by atoms with van der Waals surface area (Å²) in [5, 5.41) is 10.5. The van der Waals surface area contributed by atoms with Crippen LogP contribution in [0.2, 0.25) is 0 Å². The SMILES string of the molecule is COCCN(CCO)CC(=O)NCC(F)(F)F. The number of hydrogen-bond donors (Lipinski definition) is 2. The molecule has 0 aliphatic rings. The third kappa shape index (κ3) is 10.0. The van der Waals surface area contributed by atoms with E-state index in [4.69, 9.17) is 9.84 Å². The molecular weight excluding hydrogens is 241 g/mol. The Morgan fingerprint density at radius 1 is 1.41 bits per heavy atom. The van der Waals surface area contributed by atoms with Crippen LogP contribution in [0.1, 0.15) is 0 Å². The Balaban J connectivity index is 3.94. The Kier molecular flexibility index (Phi) is 7.85.